The highest BCUT2D eigenvalue weighted by Gasteiger charge is 1.99. The van der Waals surface area contributed by atoms with Crippen molar-refractivity contribution in [3.63, 3.8) is 0 Å². The Balaban J connectivity index is 1.81. The van der Waals surface area contributed by atoms with Gasteiger partial charge in [-0.05, 0) is 49.2 Å². The molecular weight excluding hydrogens is 290 g/mol. The minimum atomic E-state index is 0.377. The number of methoxy groups -OCH3 is 1. The number of aliphatic imine (C=N–C) groups is 1. The van der Waals surface area contributed by atoms with Crippen molar-refractivity contribution in [1.29, 1.82) is 0 Å². The predicted octanol–water partition coefficient (Wildman–Crippen LogP) is 3.12. The molecule has 0 aliphatic rings. The summed E-state index contributed by atoms with van der Waals surface area (Å²) in [7, 11) is 1.63. The number of anilines is 1. The Hall–Kier alpha value is -2.69. The molecule has 5 nitrogen and oxygen atoms in total. The normalized spacial score (nSPS) is 11.2. The molecule has 0 heterocycles. The molecule has 5 heteroatoms. The van der Waals surface area contributed by atoms with Gasteiger partial charge in [0.1, 0.15) is 18.1 Å². The molecule has 0 amide bonds. The molecule has 0 aromatic heterocycles. The highest BCUT2D eigenvalue weighted by Crippen LogP contribution is 2.18. The van der Waals surface area contributed by atoms with Crippen LogP contribution in [0.2, 0.25) is 0 Å². The fourth-order valence-corrected chi connectivity index (χ4v) is 2.03. The molecule has 0 radical (unpaired) electrons. The quantitative estimate of drug-likeness (QED) is 0.488. The summed E-state index contributed by atoms with van der Waals surface area (Å²) in [6.45, 7) is 5.06. The van der Waals surface area contributed by atoms with Gasteiger partial charge in [0.2, 0.25) is 0 Å². The van der Waals surface area contributed by atoms with Crippen LogP contribution in [0.3, 0.4) is 0 Å². The number of hydrogen-bond acceptors (Lipinski definition) is 3. The molecule has 0 aliphatic heterocycles. The predicted molar refractivity (Wildman–Crippen MR) is 94.5 cm³/mol. The molecule has 2 aromatic carbocycles. The lowest BCUT2D eigenvalue weighted by Gasteiger charge is -2.09. The van der Waals surface area contributed by atoms with Gasteiger partial charge in [-0.25, -0.2) is 4.99 Å². The van der Waals surface area contributed by atoms with E-state index in [1.807, 2.05) is 36.4 Å². The third-order valence-corrected chi connectivity index (χ3v) is 3.46. The molecule has 0 spiro atoms. The van der Waals surface area contributed by atoms with E-state index in [0.717, 1.165) is 17.2 Å². The van der Waals surface area contributed by atoms with E-state index >= 15 is 0 Å². The van der Waals surface area contributed by atoms with Crippen LogP contribution in [0.5, 0.6) is 11.5 Å². The molecule has 0 unspecified atom stereocenters. The summed E-state index contributed by atoms with van der Waals surface area (Å²) in [5.41, 5.74) is 9.28. The fraction of sp³-hybridized carbons (Fsp3) is 0.278. The molecule has 122 valence electrons. The maximum atomic E-state index is 5.88. The first-order chi connectivity index (χ1) is 11.1. The first kappa shape index (κ1) is 16.7. The fourth-order valence-electron chi connectivity index (χ4n) is 2.03. The Labute approximate surface area is 137 Å². The summed E-state index contributed by atoms with van der Waals surface area (Å²) < 4.78 is 10.8. The lowest BCUT2D eigenvalue weighted by molar-refractivity contribution is 0.325. The van der Waals surface area contributed by atoms with Crippen molar-refractivity contribution in [2.24, 2.45) is 10.7 Å². The Kier molecular flexibility index (Phi) is 5.86. The number of guanidine groups is 1. The van der Waals surface area contributed by atoms with Crippen molar-refractivity contribution in [2.75, 3.05) is 25.6 Å². The average Bonchev–Trinajstić information content (AvgIpc) is 2.55. The molecule has 2 aromatic rings. The van der Waals surface area contributed by atoms with Gasteiger partial charge in [0.15, 0.2) is 5.96 Å². The van der Waals surface area contributed by atoms with E-state index in [1.54, 1.807) is 7.11 Å². The van der Waals surface area contributed by atoms with Gasteiger partial charge in [-0.1, -0.05) is 12.1 Å². The number of ether oxygens (including phenoxy) is 2. The van der Waals surface area contributed by atoms with Gasteiger partial charge in [0.25, 0.3) is 0 Å². The topological polar surface area (TPSA) is 68.9 Å². The Bertz CT molecular complexity index is 684. The second kappa shape index (κ2) is 8.08. The largest absolute Gasteiger partial charge is 0.497 e. The molecule has 0 atom stereocenters. The zero-order valence-corrected chi connectivity index (χ0v) is 13.8. The number of aryl methyl sites for hydroxylation is 2. The van der Waals surface area contributed by atoms with Crippen molar-refractivity contribution in [3.8, 4) is 11.5 Å². The molecule has 2 rings (SSSR count). The highest BCUT2D eigenvalue weighted by atomic mass is 16.5. The molecule has 23 heavy (non-hydrogen) atoms. The van der Waals surface area contributed by atoms with E-state index in [2.05, 4.69) is 30.2 Å². The summed E-state index contributed by atoms with van der Waals surface area (Å²) in [6.07, 6.45) is 0. The highest BCUT2D eigenvalue weighted by molar-refractivity contribution is 5.92. The Morgan fingerprint density at radius 2 is 1.87 bits per heavy atom. The summed E-state index contributed by atoms with van der Waals surface area (Å²) in [5, 5.41) is 3.08. The van der Waals surface area contributed by atoms with E-state index in [-0.39, 0.29) is 0 Å². The Morgan fingerprint density at radius 3 is 2.61 bits per heavy atom. The van der Waals surface area contributed by atoms with Crippen LogP contribution >= 0.6 is 0 Å². The summed E-state index contributed by atoms with van der Waals surface area (Å²) >= 11 is 0. The van der Waals surface area contributed by atoms with Crippen LogP contribution < -0.4 is 20.5 Å². The van der Waals surface area contributed by atoms with Gasteiger partial charge < -0.3 is 20.5 Å². The standard InChI is InChI=1S/C18H23N3O2/c1-13-7-8-15(11-14(13)2)21-18(19)20-9-10-23-17-6-4-5-16(12-17)22-3/h4-8,11-12H,9-10H2,1-3H3,(H3,19,20,21). The maximum absolute atomic E-state index is 5.88. The second-order valence-electron chi connectivity index (χ2n) is 5.22. The van der Waals surface area contributed by atoms with Crippen LogP contribution in [0.1, 0.15) is 11.1 Å². The lowest BCUT2D eigenvalue weighted by atomic mass is 10.1. The van der Waals surface area contributed by atoms with E-state index in [4.69, 9.17) is 15.2 Å². The second-order valence-corrected chi connectivity index (χ2v) is 5.22. The molecule has 3 N–H and O–H groups in total. The van der Waals surface area contributed by atoms with Gasteiger partial charge in [0, 0.05) is 11.8 Å². The third kappa shape index (κ3) is 5.21. The van der Waals surface area contributed by atoms with Crippen LogP contribution in [0.4, 0.5) is 5.69 Å². The van der Waals surface area contributed by atoms with E-state index in [1.165, 1.54) is 11.1 Å². The SMILES string of the molecule is COc1cccc(OCCN=C(N)Nc2ccc(C)c(C)c2)c1. The van der Waals surface area contributed by atoms with Crippen LogP contribution in [-0.2, 0) is 0 Å². The summed E-state index contributed by atoms with van der Waals surface area (Å²) in [4.78, 5) is 4.26. The van der Waals surface area contributed by atoms with E-state index < -0.39 is 0 Å². The van der Waals surface area contributed by atoms with Gasteiger partial charge in [-0.15, -0.1) is 0 Å². The van der Waals surface area contributed by atoms with Crippen molar-refractivity contribution in [1.82, 2.24) is 0 Å². The summed E-state index contributed by atoms with van der Waals surface area (Å²) in [6, 6.07) is 13.5. The number of hydrogen-bond donors (Lipinski definition) is 2. The minimum Gasteiger partial charge on any atom is -0.497 e. The molecule has 0 bridgehead atoms. The average molecular weight is 313 g/mol. The summed E-state index contributed by atoms with van der Waals surface area (Å²) in [5.74, 6) is 1.89. The van der Waals surface area contributed by atoms with E-state index in [9.17, 15) is 0 Å². The first-order valence-corrected chi connectivity index (χ1v) is 7.49. The zero-order valence-electron chi connectivity index (χ0n) is 13.8. The molecule has 0 saturated carbocycles. The monoisotopic (exact) mass is 313 g/mol. The lowest BCUT2D eigenvalue weighted by Crippen LogP contribution is -2.23. The molecule has 0 fully saturated rings. The van der Waals surface area contributed by atoms with Gasteiger partial charge >= 0.3 is 0 Å². The minimum absolute atomic E-state index is 0.377. The molecule has 0 saturated heterocycles. The maximum Gasteiger partial charge on any atom is 0.193 e. The van der Waals surface area contributed by atoms with Gasteiger partial charge in [0.05, 0.1) is 13.7 Å². The number of rotatable bonds is 6. The van der Waals surface area contributed by atoms with Gasteiger partial charge in [-0.2, -0.15) is 0 Å². The third-order valence-electron chi connectivity index (χ3n) is 3.46. The van der Waals surface area contributed by atoms with Crippen LogP contribution in [0, 0.1) is 13.8 Å². The van der Waals surface area contributed by atoms with E-state index in [0.29, 0.717) is 19.1 Å². The van der Waals surface area contributed by atoms with Gasteiger partial charge in [-0.3, -0.25) is 0 Å². The number of nitrogens with zero attached hydrogens (tertiary/aromatic N) is 1. The molecular formula is C18H23N3O2. The van der Waals surface area contributed by atoms with Crippen molar-refractivity contribution in [3.05, 3.63) is 53.6 Å². The van der Waals surface area contributed by atoms with Crippen LogP contribution in [0.25, 0.3) is 0 Å². The smallest absolute Gasteiger partial charge is 0.193 e. The number of nitrogens with one attached hydrogen (secondary N) is 1. The zero-order chi connectivity index (χ0) is 16.7. The Morgan fingerprint density at radius 1 is 1.09 bits per heavy atom. The number of nitrogens with two attached hydrogens (primary N) is 1. The van der Waals surface area contributed by atoms with Crippen LogP contribution in [0.15, 0.2) is 47.5 Å². The van der Waals surface area contributed by atoms with Crippen LogP contribution in [-0.4, -0.2) is 26.2 Å². The van der Waals surface area contributed by atoms with Crippen molar-refractivity contribution in [2.45, 2.75) is 13.8 Å². The van der Waals surface area contributed by atoms with Crippen molar-refractivity contribution < 1.29 is 9.47 Å². The number of benzene rings is 2. The van der Waals surface area contributed by atoms with Crippen molar-refractivity contribution >= 4 is 11.6 Å². The first-order valence-electron chi connectivity index (χ1n) is 7.49. The molecule has 0 aliphatic carbocycles.